The van der Waals surface area contributed by atoms with Gasteiger partial charge in [-0.3, -0.25) is 9.59 Å². The van der Waals surface area contributed by atoms with Crippen molar-refractivity contribution < 1.29 is 29.3 Å². The third-order valence-corrected chi connectivity index (χ3v) is 6.60. The van der Waals surface area contributed by atoms with Gasteiger partial charge in [-0.15, -0.1) is 0 Å². The first kappa shape index (κ1) is 29.1. The average molecular weight is 525 g/mol. The van der Waals surface area contributed by atoms with Crippen LogP contribution in [0.5, 0.6) is 0 Å². The van der Waals surface area contributed by atoms with Crippen molar-refractivity contribution in [2.75, 3.05) is 0 Å². The Labute approximate surface area is 222 Å². The highest BCUT2D eigenvalue weighted by molar-refractivity contribution is 5.99. The fraction of sp³-hybridized carbons (Fsp3) is 0.400. The van der Waals surface area contributed by atoms with Crippen LogP contribution in [0.4, 0.5) is 4.39 Å². The number of aliphatic hydroxyl groups excluding tert-OH is 2. The lowest BCUT2D eigenvalue weighted by Gasteiger charge is -2.19. The van der Waals surface area contributed by atoms with Gasteiger partial charge in [-0.25, -0.2) is 4.39 Å². The summed E-state index contributed by atoms with van der Waals surface area (Å²) in [6.45, 7) is 6.69. The minimum Gasteiger partial charge on any atom is -0.481 e. The van der Waals surface area contributed by atoms with Gasteiger partial charge in [-0.2, -0.15) is 0 Å². The van der Waals surface area contributed by atoms with Crippen LogP contribution in [0.15, 0.2) is 54.6 Å². The van der Waals surface area contributed by atoms with E-state index in [1.54, 1.807) is 12.1 Å². The molecular formula is C30H37FN2O5. The number of carboxylic acids is 1. The molecule has 8 heteroatoms. The van der Waals surface area contributed by atoms with E-state index in [4.69, 9.17) is 5.11 Å². The summed E-state index contributed by atoms with van der Waals surface area (Å²) >= 11 is 0. The molecule has 3 rings (SSSR count). The number of amides is 1. The second-order valence-corrected chi connectivity index (χ2v) is 9.85. The molecule has 3 aromatic rings. The Balaban J connectivity index is 2.02. The SMILES string of the molecule is CCc1c(C(=O)NCc2ccccc2)c(C(C)C)c(-c2ccc(F)cc2)n1CC[C@@H](O)C[C@@H](O)CC(=O)O. The number of rotatable bonds is 13. The quantitative estimate of drug-likeness (QED) is 0.255. The van der Waals surface area contributed by atoms with Gasteiger partial charge in [-0.05, 0) is 66.1 Å². The first-order valence-corrected chi connectivity index (χ1v) is 13.0. The number of carboxylic acid groups (broad SMARTS) is 1. The average Bonchev–Trinajstić information content (AvgIpc) is 3.21. The molecule has 1 amide bonds. The number of aliphatic hydroxyl groups is 2. The molecule has 0 saturated heterocycles. The molecule has 0 aliphatic rings. The monoisotopic (exact) mass is 524 g/mol. The standard InChI is InChI=1S/C30H37FN2O5/c1-4-25-28(30(38)32-18-20-8-6-5-7-9-20)27(19(2)3)29(21-10-12-22(31)13-11-21)33(25)15-14-23(34)16-24(35)17-26(36)37/h5-13,19,23-24,34-35H,4,14-18H2,1-3H3,(H,32,38)(H,36,37)/t23-,24-/m1/s1. The molecule has 0 spiro atoms. The first-order valence-electron chi connectivity index (χ1n) is 13.0. The Morgan fingerprint density at radius 3 is 2.24 bits per heavy atom. The summed E-state index contributed by atoms with van der Waals surface area (Å²) < 4.78 is 15.8. The fourth-order valence-electron chi connectivity index (χ4n) is 4.90. The highest BCUT2D eigenvalue weighted by Gasteiger charge is 2.29. The largest absolute Gasteiger partial charge is 0.481 e. The molecule has 1 heterocycles. The van der Waals surface area contributed by atoms with Gasteiger partial charge in [-0.1, -0.05) is 51.1 Å². The number of nitrogens with one attached hydrogen (secondary N) is 1. The van der Waals surface area contributed by atoms with Crippen molar-refractivity contribution in [2.24, 2.45) is 0 Å². The van der Waals surface area contributed by atoms with E-state index in [2.05, 4.69) is 5.32 Å². The van der Waals surface area contributed by atoms with Crippen molar-refractivity contribution >= 4 is 11.9 Å². The maximum atomic E-state index is 13.8. The van der Waals surface area contributed by atoms with E-state index in [0.717, 1.165) is 28.1 Å². The van der Waals surface area contributed by atoms with Crippen LogP contribution in [-0.2, 0) is 24.3 Å². The first-order chi connectivity index (χ1) is 18.1. The van der Waals surface area contributed by atoms with Crippen LogP contribution in [0.1, 0.15) is 73.1 Å². The molecule has 7 nitrogen and oxygen atoms in total. The molecule has 0 fully saturated rings. The lowest BCUT2D eigenvalue weighted by atomic mass is 9.93. The number of halogens is 1. The number of aromatic nitrogens is 1. The summed E-state index contributed by atoms with van der Waals surface area (Å²) in [4.78, 5) is 24.5. The molecule has 2 atom stereocenters. The van der Waals surface area contributed by atoms with Crippen molar-refractivity contribution in [1.29, 1.82) is 0 Å². The fourth-order valence-corrected chi connectivity index (χ4v) is 4.90. The Bertz CT molecular complexity index is 1220. The van der Waals surface area contributed by atoms with Crippen molar-refractivity contribution in [2.45, 2.75) is 77.7 Å². The maximum Gasteiger partial charge on any atom is 0.305 e. The second kappa shape index (κ2) is 13.3. The van der Waals surface area contributed by atoms with Crippen LogP contribution in [0.2, 0.25) is 0 Å². The Hall–Kier alpha value is -3.49. The lowest BCUT2D eigenvalue weighted by Crippen LogP contribution is -2.25. The molecule has 0 bridgehead atoms. The topological polar surface area (TPSA) is 112 Å². The third kappa shape index (κ3) is 7.30. The van der Waals surface area contributed by atoms with Crippen molar-refractivity contribution in [3.05, 3.63) is 82.8 Å². The summed E-state index contributed by atoms with van der Waals surface area (Å²) in [7, 11) is 0. The van der Waals surface area contributed by atoms with Gasteiger partial charge in [0.05, 0.1) is 29.9 Å². The normalized spacial score (nSPS) is 12.9. The zero-order valence-corrected chi connectivity index (χ0v) is 22.2. The van der Waals surface area contributed by atoms with Crippen molar-refractivity contribution in [1.82, 2.24) is 9.88 Å². The van der Waals surface area contributed by atoms with Gasteiger partial charge in [0.15, 0.2) is 0 Å². The Morgan fingerprint density at radius 1 is 1.00 bits per heavy atom. The highest BCUT2D eigenvalue weighted by Crippen LogP contribution is 2.38. The van der Waals surface area contributed by atoms with Crippen LogP contribution in [-0.4, -0.2) is 44.0 Å². The molecule has 38 heavy (non-hydrogen) atoms. The van der Waals surface area contributed by atoms with Crippen LogP contribution in [0.25, 0.3) is 11.3 Å². The summed E-state index contributed by atoms with van der Waals surface area (Å²) in [5.74, 6) is -1.72. The Morgan fingerprint density at radius 2 is 1.66 bits per heavy atom. The third-order valence-electron chi connectivity index (χ3n) is 6.60. The van der Waals surface area contributed by atoms with E-state index in [9.17, 15) is 24.2 Å². The molecule has 0 aliphatic heterocycles. The molecule has 0 unspecified atom stereocenters. The number of carbonyl (C=O) groups excluding carboxylic acids is 1. The number of carbonyl (C=O) groups is 2. The van der Waals surface area contributed by atoms with Gasteiger partial charge in [0, 0.05) is 18.8 Å². The van der Waals surface area contributed by atoms with E-state index in [1.807, 2.05) is 55.7 Å². The molecule has 0 aliphatic carbocycles. The zero-order chi connectivity index (χ0) is 27.8. The predicted molar refractivity (Wildman–Crippen MR) is 144 cm³/mol. The summed E-state index contributed by atoms with van der Waals surface area (Å²) in [6.07, 6.45) is -1.80. The number of nitrogens with zero attached hydrogens (tertiary/aromatic N) is 1. The molecule has 2 aromatic carbocycles. The van der Waals surface area contributed by atoms with Crippen LogP contribution >= 0.6 is 0 Å². The minimum absolute atomic E-state index is 0.0265. The second-order valence-electron chi connectivity index (χ2n) is 9.85. The van der Waals surface area contributed by atoms with Gasteiger partial charge in [0.2, 0.25) is 0 Å². The number of hydrogen-bond acceptors (Lipinski definition) is 4. The van der Waals surface area contributed by atoms with Crippen LogP contribution < -0.4 is 5.32 Å². The van der Waals surface area contributed by atoms with E-state index < -0.39 is 24.6 Å². The van der Waals surface area contributed by atoms with Crippen molar-refractivity contribution in [3.8, 4) is 11.3 Å². The molecule has 4 N–H and O–H groups in total. The number of benzene rings is 2. The van der Waals surface area contributed by atoms with Crippen LogP contribution in [0, 0.1) is 5.82 Å². The van der Waals surface area contributed by atoms with Crippen molar-refractivity contribution in [3.63, 3.8) is 0 Å². The zero-order valence-electron chi connectivity index (χ0n) is 22.2. The molecule has 204 valence electrons. The van der Waals surface area contributed by atoms with Crippen LogP contribution in [0.3, 0.4) is 0 Å². The van der Waals surface area contributed by atoms with E-state index in [-0.39, 0.29) is 30.5 Å². The number of aliphatic carboxylic acids is 1. The van der Waals surface area contributed by atoms with Gasteiger partial charge >= 0.3 is 5.97 Å². The summed E-state index contributed by atoms with van der Waals surface area (Å²) in [6, 6.07) is 15.8. The molecule has 0 radical (unpaired) electrons. The maximum absolute atomic E-state index is 13.8. The van der Waals surface area contributed by atoms with E-state index in [1.165, 1.54) is 12.1 Å². The summed E-state index contributed by atoms with van der Waals surface area (Å²) in [5.41, 5.74) is 4.76. The van der Waals surface area contributed by atoms with Gasteiger partial charge in [0.1, 0.15) is 5.82 Å². The van der Waals surface area contributed by atoms with E-state index in [0.29, 0.717) is 25.1 Å². The number of hydrogen-bond donors (Lipinski definition) is 4. The predicted octanol–water partition coefficient (Wildman–Crippen LogP) is 4.89. The lowest BCUT2D eigenvalue weighted by molar-refractivity contribution is -0.139. The molecular weight excluding hydrogens is 487 g/mol. The Kier molecular flexibility index (Phi) is 10.2. The highest BCUT2D eigenvalue weighted by atomic mass is 19.1. The smallest absolute Gasteiger partial charge is 0.305 e. The summed E-state index contributed by atoms with van der Waals surface area (Å²) in [5, 5.41) is 32.5. The minimum atomic E-state index is -1.15. The van der Waals surface area contributed by atoms with Gasteiger partial charge in [0.25, 0.3) is 5.91 Å². The van der Waals surface area contributed by atoms with Gasteiger partial charge < -0.3 is 25.2 Å². The molecule has 1 aromatic heterocycles. The molecule has 0 saturated carbocycles. The van der Waals surface area contributed by atoms with E-state index >= 15 is 0 Å².